The second kappa shape index (κ2) is 5.02. The summed E-state index contributed by atoms with van der Waals surface area (Å²) in [6.45, 7) is 1.59. The van der Waals surface area contributed by atoms with E-state index in [9.17, 15) is 0 Å². The second-order valence-corrected chi connectivity index (χ2v) is 5.47. The Bertz CT molecular complexity index is 453. The highest BCUT2D eigenvalue weighted by atomic mass is 16.5. The molecule has 2 heterocycles. The normalized spacial score (nSPS) is 30.3. The van der Waals surface area contributed by atoms with Crippen LogP contribution < -0.4 is 15.2 Å². The first kappa shape index (κ1) is 12.8. The van der Waals surface area contributed by atoms with Crippen LogP contribution in [0.25, 0.3) is 0 Å². The third kappa shape index (κ3) is 2.42. The first-order chi connectivity index (χ1) is 9.22. The van der Waals surface area contributed by atoms with Gasteiger partial charge in [0.2, 0.25) is 0 Å². The maximum atomic E-state index is 6.35. The maximum Gasteiger partial charge on any atom is 0.125 e. The molecule has 1 fully saturated rings. The molecule has 2 atom stereocenters. The Morgan fingerprint density at radius 3 is 3.05 bits per heavy atom. The molecule has 1 saturated heterocycles. The average Bonchev–Trinajstić information content (AvgIpc) is 2.64. The van der Waals surface area contributed by atoms with Crippen molar-refractivity contribution in [3.63, 3.8) is 0 Å². The van der Waals surface area contributed by atoms with Crippen molar-refractivity contribution < 1.29 is 14.2 Å². The van der Waals surface area contributed by atoms with Gasteiger partial charge in [0.05, 0.1) is 13.7 Å². The second-order valence-electron chi connectivity index (χ2n) is 5.47. The van der Waals surface area contributed by atoms with Gasteiger partial charge in [0.25, 0.3) is 0 Å². The van der Waals surface area contributed by atoms with Crippen molar-refractivity contribution in [2.45, 2.75) is 37.3 Å². The molecule has 4 heteroatoms. The highest BCUT2D eigenvalue weighted by molar-refractivity contribution is 5.44. The van der Waals surface area contributed by atoms with Crippen molar-refractivity contribution >= 4 is 0 Å². The molecule has 1 aromatic carbocycles. The highest BCUT2D eigenvalue weighted by Gasteiger charge is 2.40. The topological polar surface area (TPSA) is 53.7 Å². The van der Waals surface area contributed by atoms with Crippen LogP contribution in [0.4, 0.5) is 0 Å². The van der Waals surface area contributed by atoms with E-state index in [2.05, 4.69) is 0 Å². The predicted molar refractivity (Wildman–Crippen MR) is 72.6 cm³/mol. The molecule has 2 aliphatic rings. The lowest BCUT2D eigenvalue weighted by Gasteiger charge is -2.40. The third-order valence-electron chi connectivity index (χ3n) is 4.16. The van der Waals surface area contributed by atoms with Crippen LogP contribution in [0.2, 0.25) is 0 Å². The lowest BCUT2D eigenvalue weighted by molar-refractivity contribution is 0.0154. The summed E-state index contributed by atoms with van der Waals surface area (Å²) in [5.41, 5.74) is 7.26. The first-order valence-corrected chi connectivity index (χ1v) is 6.93. The van der Waals surface area contributed by atoms with Gasteiger partial charge in [-0.3, -0.25) is 0 Å². The molecule has 19 heavy (non-hydrogen) atoms. The van der Waals surface area contributed by atoms with Crippen molar-refractivity contribution in [1.82, 2.24) is 0 Å². The molecule has 1 aromatic rings. The fraction of sp³-hybridized carbons (Fsp3) is 0.600. The van der Waals surface area contributed by atoms with E-state index in [0.717, 1.165) is 56.0 Å². The maximum absolute atomic E-state index is 6.35. The molecule has 0 saturated carbocycles. The zero-order chi connectivity index (χ0) is 13.3. The molecular weight excluding hydrogens is 242 g/mol. The zero-order valence-corrected chi connectivity index (χ0v) is 11.4. The summed E-state index contributed by atoms with van der Waals surface area (Å²) >= 11 is 0. The van der Waals surface area contributed by atoms with Crippen LogP contribution in [0.15, 0.2) is 18.2 Å². The zero-order valence-electron chi connectivity index (χ0n) is 11.4. The first-order valence-electron chi connectivity index (χ1n) is 6.93. The van der Waals surface area contributed by atoms with Gasteiger partial charge in [-0.25, -0.2) is 0 Å². The Morgan fingerprint density at radius 2 is 2.21 bits per heavy atom. The number of benzene rings is 1. The van der Waals surface area contributed by atoms with Gasteiger partial charge in [0, 0.05) is 31.1 Å². The van der Waals surface area contributed by atoms with Gasteiger partial charge in [0.15, 0.2) is 0 Å². The summed E-state index contributed by atoms with van der Waals surface area (Å²) in [5, 5.41) is 0. The van der Waals surface area contributed by atoms with E-state index < -0.39 is 0 Å². The van der Waals surface area contributed by atoms with Crippen molar-refractivity contribution in [2.24, 2.45) is 5.73 Å². The summed E-state index contributed by atoms with van der Waals surface area (Å²) in [6.07, 6.45) is 3.84. The molecule has 0 aromatic heterocycles. The monoisotopic (exact) mass is 263 g/mol. The summed E-state index contributed by atoms with van der Waals surface area (Å²) in [7, 11) is 1.67. The molecule has 0 amide bonds. The van der Waals surface area contributed by atoms with Gasteiger partial charge in [-0.1, -0.05) is 0 Å². The number of fused-ring (bicyclic) bond motifs is 1. The standard InChI is InChI=1S/C15H21NO3/c1-17-11-3-4-14-12(9-11)13(16)10-15(19-14)5-2-7-18-8-6-15/h3-4,9,13H,2,5-8,10,16H2,1H3/t13-,15?/m1/s1. The Labute approximate surface area is 113 Å². The minimum Gasteiger partial charge on any atom is -0.497 e. The third-order valence-corrected chi connectivity index (χ3v) is 4.16. The van der Waals surface area contributed by atoms with Crippen LogP contribution in [-0.2, 0) is 4.74 Å². The van der Waals surface area contributed by atoms with Gasteiger partial charge >= 0.3 is 0 Å². The van der Waals surface area contributed by atoms with E-state index in [1.807, 2.05) is 18.2 Å². The molecular formula is C15H21NO3. The van der Waals surface area contributed by atoms with E-state index >= 15 is 0 Å². The molecule has 0 radical (unpaired) electrons. The molecule has 0 aliphatic carbocycles. The largest absolute Gasteiger partial charge is 0.497 e. The molecule has 0 bridgehead atoms. The van der Waals surface area contributed by atoms with E-state index in [0.29, 0.717) is 0 Å². The van der Waals surface area contributed by atoms with Crippen LogP contribution in [0.5, 0.6) is 11.5 Å². The van der Waals surface area contributed by atoms with Crippen LogP contribution in [0.3, 0.4) is 0 Å². The van der Waals surface area contributed by atoms with Crippen LogP contribution in [0, 0.1) is 0 Å². The number of methoxy groups -OCH3 is 1. The van der Waals surface area contributed by atoms with Gasteiger partial charge < -0.3 is 19.9 Å². The highest BCUT2D eigenvalue weighted by Crippen LogP contribution is 2.44. The molecule has 4 nitrogen and oxygen atoms in total. The fourth-order valence-electron chi connectivity index (χ4n) is 3.11. The molecule has 2 N–H and O–H groups in total. The summed E-state index contributed by atoms with van der Waals surface area (Å²) in [5.74, 6) is 1.74. The molecule has 2 aliphatic heterocycles. The van der Waals surface area contributed by atoms with Crippen LogP contribution in [-0.4, -0.2) is 25.9 Å². The van der Waals surface area contributed by atoms with E-state index in [1.165, 1.54) is 0 Å². The average molecular weight is 263 g/mol. The Morgan fingerprint density at radius 1 is 1.32 bits per heavy atom. The number of ether oxygens (including phenoxy) is 3. The van der Waals surface area contributed by atoms with Crippen molar-refractivity contribution in [2.75, 3.05) is 20.3 Å². The Hall–Kier alpha value is -1.26. The van der Waals surface area contributed by atoms with Crippen LogP contribution >= 0.6 is 0 Å². The Balaban J connectivity index is 1.90. The van der Waals surface area contributed by atoms with E-state index in [1.54, 1.807) is 7.11 Å². The molecule has 3 rings (SSSR count). The smallest absolute Gasteiger partial charge is 0.125 e. The van der Waals surface area contributed by atoms with Gasteiger partial charge in [-0.15, -0.1) is 0 Å². The lowest BCUT2D eigenvalue weighted by atomic mass is 9.82. The van der Waals surface area contributed by atoms with Crippen LogP contribution in [0.1, 0.15) is 37.3 Å². The summed E-state index contributed by atoms with van der Waals surface area (Å²) < 4.78 is 17.1. The predicted octanol–water partition coefficient (Wildman–Crippen LogP) is 2.42. The number of hydrogen-bond donors (Lipinski definition) is 1. The van der Waals surface area contributed by atoms with Gasteiger partial charge in [-0.2, -0.15) is 0 Å². The van der Waals surface area contributed by atoms with E-state index in [4.69, 9.17) is 19.9 Å². The number of nitrogens with two attached hydrogens (primary N) is 1. The number of rotatable bonds is 1. The van der Waals surface area contributed by atoms with Crippen molar-refractivity contribution in [3.05, 3.63) is 23.8 Å². The molecule has 104 valence electrons. The number of hydrogen-bond acceptors (Lipinski definition) is 4. The minimum absolute atomic E-state index is 0.0111. The summed E-state index contributed by atoms with van der Waals surface area (Å²) in [6, 6.07) is 5.90. The SMILES string of the molecule is COc1ccc2c(c1)[C@H](N)CC1(CCCOCC1)O2. The quantitative estimate of drug-likeness (QED) is 0.845. The molecule has 1 unspecified atom stereocenters. The van der Waals surface area contributed by atoms with E-state index in [-0.39, 0.29) is 11.6 Å². The van der Waals surface area contributed by atoms with Crippen molar-refractivity contribution in [1.29, 1.82) is 0 Å². The van der Waals surface area contributed by atoms with Gasteiger partial charge in [0.1, 0.15) is 17.1 Å². The lowest BCUT2D eigenvalue weighted by Crippen LogP contribution is -2.43. The fourth-order valence-corrected chi connectivity index (χ4v) is 3.11. The molecule has 1 spiro atoms. The summed E-state index contributed by atoms with van der Waals surface area (Å²) in [4.78, 5) is 0. The van der Waals surface area contributed by atoms with Gasteiger partial charge in [-0.05, 0) is 31.0 Å². The Kier molecular flexibility index (Phi) is 3.37. The van der Waals surface area contributed by atoms with Crippen molar-refractivity contribution in [3.8, 4) is 11.5 Å². The minimum atomic E-state index is -0.141.